The molecular formula is C9H10F2N2O4S. The van der Waals surface area contributed by atoms with Crippen LogP contribution in [0.1, 0.15) is 0 Å². The fraction of sp³-hybridized carbons (Fsp3) is 0.333. The van der Waals surface area contributed by atoms with Crippen LogP contribution >= 0.6 is 0 Å². The second-order valence-electron chi connectivity index (χ2n) is 3.53. The molecule has 0 saturated heterocycles. The minimum absolute atomic E-state index is 0.00324. The summed E-state index contributed by atoms with van der Waals surface area (Å²) in [6.07, 6.45) is -3.73. The molecule has 18 heavy (non-hydrogen) atoms. The van der Waals surface area contributed by atoms with E-state index < -0.39 is 16.3 Å². The summed E-state index contributed by atoms with van der Waals surface area (Å²) in [4.78, 5) is 0. The summed E-state index contributed by atoms with van der Waals surface area (Å²) >= 11 is 0. The number of sulfonamides is 1. The lowest BCUT2D eigenvalue weighted by atomic mass is 10.3. The minimum atomic E-state index is -3.73. The monoisotopic (exact) mass is 280 g/mol. The van der Waals surface area contributed by atoms with E-state index in [0.29, 0.717) is 0 Å². The van der Waals surface area contributed by atoms with Crippen LogP contribution in [0.15, 0.2) is 18.2 Å². The Hall–Kier alpha value is -1.61. The number of halogens is 2. The van der Waals surface area contributed by atoms with E-state index in [2.05, 4.69) is 19.9 Å². The standard InChI is InChI=1S/C9H9F2N2O4S/c10-9(11)16-7-2-1-6(5-8(7)17-9)13-18(14,15)4-3-12/h1-2,5H,3-4,12H2/q-1/p+1. The molecule has 1 aromatic rings. The van der Waals surface area contributed by atoms with Gasteiger partial charge >= 0.3 is 6.29 Å². The minimum Gasteiger partial charge on any atom is -0.577 e. The van der Waals surface area contributed by atoms with Crippen LogP contribution in [-0.2, 0) is 10.0 Å². The highest BCUT2D eigenvalue weighted by molar-refractivity contribution is 7.94. The number of nitrogens with zero attached hydrogens (tertiary/aromatic N) is 1. The molecule has 0 aliphatic carbocycles. The quantitative estimate of drug-likeness (QED) is 0.873. The molecule has 0 aromatic heterocycles. The predicted octanol–water partition coefficient (Wildman–Crippen LogP) is 0.585. The van der Waals surface area contributed by atoms with E-state index in [1.165, 1.54) is 12.1 Å². The molecule has 6 nitrogen and oxygen atoms in total. The second kappa shape index (κ2) is 4.25. The Morgan fingerprint density at radius 1 is 1.28 bits per heavy atom. The molecule has 1 aliphatic heterocycles. The number of alkyl halides is 2. The van der Waals surface area contributed by atoms with Crippen molar-refractivity contribution in [2.75, 3.05) is 12.3 Å². The first-order valence-electron chi connectivity index (χ1n) is 4.96. The Morgan fingerprint density at radius 2 is 1.94 bits per heavy atom. The number of ether oxygens (including phenoxy) is 2. The molecule has 1 heterocycles. The van der Waals surface area contributed by atoms with Crippen molar-refractivity contribution in [2.24, 2.45) is 0 Å². The molecule has 9 heteroatoms. The number of hydrogen-bond donors (Lipinski definition) is 1. The van der Waals surface area contributed by atoms with Crippen molar-refractivity contribution in [3.05, 3.63) is 22.9 Å². The van der Waals surface area contributed by atoms with Crippen molar-refractivity contribution >= 4 is 15.7 Å². The van der Waals surface area contributed by atoms with Crippen LogP contribution in [0.5, 0.6) is 11.5 Å². The Morgan fingerprint density at radius 3 is 2.61 bits per heavy atom. The topological polar surface area (TPSA) is 94.3 Å². The largest absolute Gasteiger partial charge is 0.586 e. The number of hydrogen-bond acceptors (Lipinski definition) is 4. The van der Waals surface area contributed by atoms with Crippen molar-refractivity contribution in [1.29, 1.82) is 0 Å². The number of quaternary nitrogens is 1. The van der Waals surface area contributed by atoms with Gasteiger partial charge in [-0.1, -0.05) is 6.07 Å². The normalized spacial score (nSPS) is 16.6. The molecular weight excluding hydrogens is 270 g/mol. The van der Waals surface area contributed by atoms with E-state index in [1.807, 2.05) is 0 Å². The Kier molecular flexibility index (Phi) is 3.03. The second-order valence-corrected chi connectivity index (χ2v) is 5.28. The van der Waals surface area contributed by atoms with Gasteiger partial charge in [0.15, 0.2) is 11.5 Å². The first-order valence-corrected chi connectivity index (χ1v) is 6.57. The maximum absolute atomic E-state index is 12.7. The molecule has 0 atom stereocenters. The maximum atomic E-state index is 12.7. The molecule has 2 rings (SSSR count). The van der Waals surface area contributed by atoms with Gasteiger partial charge < -0.3 is 19.9 Å². The lowest BCUT2D eigenvalue weighted by Crippen LogP contribution is -2.52. The number of rotatable bonds is 4. The van der Waals surface area contributed by atoms with Gasteiger partial charge in [0.05, 0.1) is 22.3 Å². The summed E-state index contributed by atoms with van der Waals surface area (Å²) in [5, 5.41) is 0. The maximum Gasteiger partial charge on any atom is 0.586 e. The fourth-order valence-electron chi connectivity index (χ4n) is 1.38. The first kappa shape index (κ1) is 12.8. The Bertz CT molecular complexity index is 562. The van der Waals surface area contributed by atoms with Crippen molar-refractivity contribution in [3.8, 4) is 11.5 Å². The van der Waals surface area contributed by atoms with E-state index in [9.17, 15) is 17.2 Å². The summed E-state index contributed by atoms with van der Waals surface area (Å²) in [5.41, 5.74) is 3.41. The molecule has 0 fully saturated rings. The van der Waals surface area contributed by atoms with Gasteiger partial charge in [0, 0.05) is 0 Å². The van der Waals surface area contributed by atoms with E-state index in [-0.39, 0.29) is 29.5 Å². The summed E-state index contributed by atoms with van der Waals surface area (Å²) in [6, 6.07) is 3.51. The number of benzene rings is 1. The lowest BCUT2D eigenvalue weighted by molar-refractivity contribution is -0.360. The smallest absolute Gasteiger partial charge is 0.577 e. The third-order valence-corrected chi connectivity index (χ3v) is 3.33. The highest BCUT2D eigenvalue weighted by atomic mass is 32.2. The van der Waals surface area contributed by atoms with Gasteiger partial charge in [0.1, 0.15) is 0 Å². The fourth-order valence-corrected chi connectivity index (χ4v) is 2.27. The summed E-state index contributed by atoms with van der Waals surface area (Å²) in [5.74, 6) is -0.614. The van der Waals surface area contributed by atoms with Crippen LogP contribution in [-0.4, -0.2) is 27.0 Å². The van der Waals surface area contributed by atoms with E-state index in [0.717, 1.165) is 6.07 Å². The third kappa shape index (κ3) is 2.79. The Labute approximate surface area is 102 Å². The summed E-state index contributed by atoms with van der Waals surface area (Å²) in [7, 11) is -3.65. The average Bonchev–Trinajstić information content (AvgIpc) is 2.50. The first-order chi connectivity index (χ1) is 8.31. The van der Waals surface area contributed by atoms with Gasteiger partial charge in [-0.25, -0.2) is 8.42 Å². The van der Waals surface area contributed by atoms with Crippen LogP contribution < -0.4 is 15.2 Å². The van der Waals surface area contributed by atoms with Crippen LogP contribution in [0.2, 0.25) is 0 Å². The van der Waals surface area contributed by atoms with Crippen molar-refractivity contribution in [2.45, 2.75) is 6.29 Å². The summed E-state index contributed by atoms with van der Waals surface area (Å²) < 4.78 is 60.1. The molecule has 1 aliphatic rings. The number of fused-ring (bicyclic) bond motifs is 1. The summed E-state index contributed by atoms with van der Waals surface area (Å²) in [6.45, 7) is 0.175. The zero-order valence-corrected chi connectivity index (χ0v) is 9.91. The van der Waals surface area contributed by atoms with Gasteiger partial charge in [-0.05, 0) is 12.1 Å². The molecule has 1 aromatic carbocycles. The van der Waals surface area contributed by atoms with Gasteiger partial charge in [-0.2, -0.15) is 0 Å². The van der Waals surface area contributed by atoms with Gasteiger partial charge in [0.2, 0.25) is 0 Å². The predicted molar refractivity (Wildman–Crippen MR) is 57.2 cm³/mol. The third-order valence-electron chi connectivity index (χ3n) is 2.03. The Balaban J connectivity index is 2.19. The van der Waals surface area contributed by atoms with Crippen LogP contribution in [0, 0.1) is 0 Å². The molecule has 0 saturated carbocycles. The van der Waals surface area contributed by atoms with Gasteiger partial charge in [-0.15, -0.1) is 14.5 Å². The van der Waals surface area contributed by atoms with Crippen LogP contribution in [0.4, 0.5) is 14.5 Å². The van der Waals surface area contributed by atoms with Gasteiger partial charge in [-0.3, -0.25) is 0 Å². The highest BCUT2D eigenvalue weighted by Crippen LogP contribution is 2.43. The highest BCUT2D eigenvalue weighted by Gasteiger charge is 2.43. The molecule has 0 spiro atoms. The average molecular weight is 280 g/mol. The molecule has 3 N–H and O–H groups in total. The van der Waals surface area contributed by atoms with Crippen molar-refractivity contribution in [3.63, 3.8) is 0 Å². The molecule has 100 valence electrons. The van der Waals surface area contributed by atoms with Crippen molar-refractivity contribution in [1.82, 2.24) is 0 Å². The molecule has 0 radical (unpaired) electrons. The molecule has 0 bridgehead atoms. The van der Waals surface area contributed by atoms with E-state index in [1.54, 1.807) is 0 Å². The zero-order chi connectivity index (χ0) is 13.4. The van der Waals surface area contributed by atoms with E-state index in [4.69, 9.17) is 0 Å². The van der Waals surface area contributed by atoms with Gasteiger partial charge in [0.25, 0.3) is 0 Å². The van der Waals surface area contributed by atoms with Crippen molar-refractivity contribution < 1.29 is 32.4 Å². The zero-order valence-electron chi connectivity index (χ0n) is 9.10. The van der Waals surface area contributed by atoms with Crippen LogP contribution in [0.3, 0.4) is 0 Å². The SMILES string of the molecule is [NH3+]CCS(=O)(=O)[N-]c1ccc2c(c1)OC(F)(F)O2. The molecule has 0 amide bonds. The van der Waals surface area contributed by atoms with E-state index >= 15 is 0 Å². The molecule has 0 unspecified atom stereocenters. The van der Waals surface area contributed by atoms with Crippen LogP contribution in [0.25, 0.3) is 4.72 Å². The lowest BCUT2D eigenvalue weighted by Gasteiger charge is -2.20.